The smallest absolute Gasteiger partial charge is 0.338 e. The SMILES string of the molecule is CC(C)CCOc1ccc(C(=O)OCC(=O)c2c(N)n(CC(C)C)c(=O)n(C)c2=O)cc1. The van der Waals surface area contributed by atoms with Crippen molar-refractivity contribution < 1.29 is 19.1 Å². The Hall–Kier alpha value is -3.36. The Morgan fingerprint density at radius 3 is 2.22 bits per heavy atom. The van der Waals surface area contributed by atoms with E-state index in [0.717, 1.165) is 11.0 Å². The first-order valence-electron chi connectivity index (χ1n) is 10.5. The van der Waals surface area contributed by atoms with Gasteiger partial charge in [0.25, 0.3) is 5.56 Å². The molecule has 0 saturated carbocycles. The minimum Gasteiger partial charge on any atom is -0.494 e. The van der Waals surface area contributed by atoms with Crippen LogP contribution in [0, 0.1) is 11.8 Å². The molecule has 174 valence electrons. The second kappa shape index (κ2) is 10.8. The van der Waals surface area contributed by atoms with Crippen LogP contribution >= 0.6 is 0 Å². The summed E-state index contributed by atoms with van der Waals surface area (Å²) >= 11 is 0. The van der Waals surface area contributed by atoms with E-state index in [0.29, 0.717) is 18.3 Å². The first-order valence-corrected chi connectivity index (χ1v) is 10.5. The van der Waals surface area contributed by atoms with Gasteiger partial charge in [0.1, 0.15) is 17.1 Å². The number of ketones is 1. The van der Waals surface area contributed by atoms with E-state index in [1.54, 1.807) is 12.1 Å². The number of nitrogens with two attached hydrogens (primary N) is 1. The Balaban J connectivity index is 2.11. The summed E-state index contributed by atoms with van der Waals surface area (Å²) in [5.74, 6) is -0.513. The molecule has 0 bridgehead atoms. The van der Waals surface area contributed by atoms with Crippen LogP contribution < -0.4 is 21.7 Å². The van der Waals surface area contributed by atoms with Gasteiger partial charge in [-0.3, -0.25) is 18.7 Å². The molecule has 0 amide bonds. The summed E-state index contributed by atoms with van der Waals surface area (Å²) < 4.78 is 12.7. The van der Waals surface area contributed by atoms with Gasteiger partial charge >= 0.3 is 11.7 Å². The third-order valence-corrected chi connectivity index (χ3v) is 4.80. The average molecular weight is 446 g/mol. The first kappa shape index (κ1) is 24.9. The Bertz CT molecular complexity index is 1080. The molecule has 1 heterocycles. The molecule has 1 aromatic heterocycles. The van der Waals surface area contributed by atoms with Gasteiger partial charge in [-0.05, 0) is 42.5 Å². The van der Waals surface area contributed by atoms with Crippen molar-refractivity contribution in [3.63, 3.8) is 0 Å². The lowest BCUT2D eigenvalue weighted by Gasteiger charge is -2.16. The van der Waals surface area contributed by atoms with Crippen LogP contribution in [-0.4, -0.2) is 34.1 Å². The summed E-state index contributed by atoms with van der Waals surface area (Å²) in [5, 5.41) is 0. The van der Waals surface area contributed by atoms with E-state index in [4.69, 9.17) is 15.2 Å². The second-order valence-corrected chi connectivity index (χ2v) is 8.47. The number of rotatable bonds is 10. The van der Waals surface area contributed by atoms with Crippen LogP contribution in [0.1, 0.15) is 54.8 Å². The number of anilines is 1. The fraction of sp³-hybridized carbons (Fsp3) is 0.478. The summed E-state index contributed by atoms with van der Waals surface area (Å²) in [4.78, 5) is 49.8. The molecule has 0 aliphatic rings. The van der Waals surface area contributed by atoms with Crippen molar-refractivity contribution in [3.8, 4) is 5.75 Å². The van der Waals surface area contributed by atoms with Crippen molar-refractivity contribution in [2.45, 2.75) is 40.7 Å². The Kier molecular flexibility index (Phi) is 8.40. The molecule has 0 unspecified atom stereocenters. The molecule has 0 spiro atoms. The van der Waals surface area contributed by atoms with Gasteiger partial charge in [0, 0.05) is 13.6 Å². The molecule has 1 aromatic carbocycles. The van der Waals surface area contributed by atoms with Gasteiger partial charge in [-0.15, -0.1) is 0 Å². The summed E-state index contributed by atoms with van der Waals surface area (Å²) in [6.07, 6.45) is 0.916. The molecule has 0 fully saturated rings. The number of nitrogens with zero attached hydrogens (tertiary/aromatic N) is 2. The number of Topliss-reactive ketones (excluding diaryl/α,β-unsaturated/α-hetero) is 1. The summed E-state index contributed by atoms with van der Waals surface area (Å²) in [5.41, 5.74) is 4.41. The molecule has 0 saturated heterocycles. The maximum absolute atomic E-state index is 12.6. The van der Waals surface area contributed by atoms with Crippen molar-refractivity contribution in [3.05, 3.63) is 56.2 Å². The van der Waals surface area contributed by atoms with E-state index in [-0.39, 0.29) is 29.4 Å². The molecule has 32 heavy (non-hydrogen) atoms. The van der Waals surface area contributed by atoms with Crippen molar-refractivity contribution >= 4 is 17.6 Å². The fourth-order valence-electron chi connectivity index (χ4n) is 2.97. The van der Waals surface area contributed by atoms with Crippen molar-refractivity contribution in [2.24, 2.45) is 18.9 Å². The molecule has 9 nitrogen and oxygen atoms in total. The molecule has 9 heteroatoms. The van der Waals surface area contributed by atoms with E-state index in [2.05, 4.69) is 13.8 Å². The summed E-state index contributed by atoms with van der Waals surface area (Å²) in [6, 6.07) is 6.37. The molecular formula is C23H31N3O6. The fourth-order valence-corrected chi connectivity index (χ4v) is 2.97. The highest BCUT2D eigenvalue weighted by Gasteiger charge is 2.23. The lowest BCUT2D eigenvalue weighted by atomic mass is 10.1. The van der Waals surface area contributed by atoms with Gasteiger partial charge in [0.15, 0.2) is 6.61 Å². The molecule has 2 rings (SSSR count). The third kappa shape index (κ3) is 6.09. The zero-order valence-electron chi connectivity index (χ0n) is 19.2. The first-order chi connectivity index (χ1) is 15.0. The van der Waals surface area contributed by atoms with E-state index in [1.807, 2.05) is 13.8 Å². The van der Waals surface area contributed by atoms with E-state index >= 15 is 0 Å². The molecule has 0 aliphatic heterocycles. The Morgan fingerprint density at radius 2 is 1.66 bits per heavy atom. The minimum atomic E-state index is -0.823. The zero-order valence-corrected chi connectivity index (χ0v) is 19.2. The van der Waals surface area contributed by atoms with Gasteiger partial charge < -0.3 is 15.2 Å². The molecule has 2 aromatic rings. The monoisotopic (exact) mass is 445 g/mol. The van der Waals surface area contributed by atoms with Crippen LogP contribution in [0.4, 0.5) is 5.82 Å². The van der Waals surface area contributed by atoms with E-state index < -0.39 is 29.6 Å². The number of hydrogen-bond donors (Lipinski definition) is 1. The number of benzene rings is 1. The van der Waals surface area contributed by atoms with Gasteiger partial charge in [0.2, 0.25) is 5.78 Å². The predicted octanol–water partition coefficient (Wildman–Crippen LogP) is 2.25. The van der Waals surface area contributed by atoms with Crippen LogP contribution in [-0.2, 0) is 18.3 Å². The number of carbonyl (C=O) groups is 2. The van der Waals surface area contributed by atoms with Gasteiger partial charge in [-0.25, -0.2) is 9.59 Å². The van der Waals surface area contributed by atoms with E-state index in [9.17, 15) is 19.2 Å². The largest absolute Gasteiger partial charge is 0.494 e. The summed E-state index contributed by atoms with van der Waals surface area (Å²) in [6.45, 7) is 8.10. The number of esters is 1. The molecular weight excluding hydrogens is 414 g/mol. The summed E-state index contributed by atoms with van der Waals surface area (Å²) in [7, 11) is 1.27. The minimum absolute atomic E-state index is 0.0607. The van der Waals surface area contributed by atoms with Gasteiger partial charge in [-0.2, -0.15) is 0 Å². The highest BCUT2D eigenvalue weighted by atomic mass is 16.5. The standard InChI is InChI=1S/C23H31N3O6/c1-14(2)10-11-31-17-8-6-16(7-9-17)22(29)32-13-18(27)19-20(24)26(12-15(3)4)23(30)25(5)21(19)28/h6-9,14-15H,10-13,24H2,1-5H3. The zero-order chi connectivity index (χ0) is 24.0. The van der Waals surface area contributed by atoms with Crippen LogP contribution in [0.3, 0.4) is 0 Å². The third-order valence-electron chi connectivity index (χ3n) is 4.80. The van der Waals surface area contributed by atoms with Crippen LogP contribution in [0.15, 0.2) is 33.9 Å². The highest BCUT2D eigenvalue weighted by molar-refractivity contribution is 6.02. The lowest BCUT2D eigenvalue weighted by Crippen LogP contribution is -2.43. The van der Waals surface area contributed by atoms with Crippen LogP contribution in [0.25, 0.3) is 0 Å². The maximum Gasteiger partial charge on any atom is 0.338 e. The highest BCUT2D eigenvalue weighted by Crippen LogP contribution is 2.15. The number of aromatic nitrogens is 2. The lowest BCUT2D eigenvalue weighted by molar-refractivity contribution is 0.0474. The Morgan fingerprint density at radius 1 is 1.03 bits per heavy atom. The topological polar surface area (TPSA) is 123 Å². The maximum atomic E-state index is 12.6. The number of nitrogen functional groups attached to an aromatic ring is 1. The number of hydrogen-bond acceptors (Lipinski definition) is 7. The average Bonchev–Trinajstić information content (AvgIpc) is 2.73. The predicted molar refractivity (Wildman–Crippen MR) is 121 cm³/mol. The molecule has 0 aliphatic carbocycles. The number of ether oxygens (including phenoxy) is 2. The van der Waals surface area contributed by atoms with Crippen molar-refractivity contribution in [1.82, 2.24) is 9.13 Å². The van der Waals surface area contributed by atoms with Crippen LogP contribution in [0.5, 0.6) is 5.75 Å². The van der Waals surface area contributed by atoms with Gasteiger partial charge in [0.05, 0.1) is 12.2 Å². The number of carbonyl (C=O) groups excluding carboxylic acids is 2. The molecule has 0 radical (unpaired) electrons. The van der Waals surface area contributed by atoms with Crippen molar-refractivity contribution in [1.29, 1.82) is 0 Å². The second-order valence-electron chi connectivity index (χ2n) is 8.47. The molecule has 0 atom stereocenters. The van der Waals surface area contributed by atoms with E-state index in [1.165, 1.54) is 23.7 Å². The Labute approximate surface area is 186 Å². The molecule has 2 N–H and O–H groups in total. The van der Waals surface area contributed by atoms with Crippen LogP contribution in [0.2, 0.25) is 0 Å². The van der Waals surface area contributed by atoms with Gasteiger partial charge in [-0.1, -0.05) is 27.7 Å². The van der Waals surface area contributed by atoms with Crippen molar-refractivity contribution in [2.75, 3.05) is 18.9 Å². The quantitative estimate of drug-likeness (QED) is 0.439. The normalized spacial score (nSPS) is 11.1.